The third kappa shape index (κ3) is 2.14. The van der Waals surface area contributed by atoms with Crippen molar-refractivity contribution in [2.45, 2.75) is 25.8 Å². The maximum absolute atomic E-state index is 12.7. The quantitative estimate of drug-likeness (QED) is 0.779. The van der Waals surface area contributed by atoms with Crippen LogP contribution in [0.1, 0.15) is 39.6 Å². The fourth-order valence-corrected chi connectivity index (χ4v) is 3.09. The molecule has 1 atom stereocenters. The second-order valence-electron chi connectivity index (χ2n) is 5.84. The van der Waals surface area contributed by atoms with Gasteiger partial charge in [-0.15, -0.1) is 0 Å². The van der Waals surface area contributed by atoms with Crippen LogP contribution in [0.2, 0.25) is 0 Å². The van der Waals surface area contributed by atoms with Crippen LogP contribution in [-0.4, -0.2) is 54.2 Å². The average Bonchev–Trinajstić information content (AvgIpc) is 2.83. The molecular weight excluding hydrogens is 252 g/mol. The van der Waals surface area contributed by atoms with Crippen LogP contribution in [0, 0.1) is 0 Å². The van der Waals surface area contributed by atoms with Crippen LogP contribution in [0.15, 0.2) is 18.2 Å². The van der Waals surface area contributed by atoms with E-state index in [1.807, 2.05) is 23.1 Å². The van der Waals surface area contributed by atoms with Crippen LogP contribution in [0.4, 0.5) is 0 Å². The highest BCUT2D eigenvalue weighted by Gasteiger charge is 2.29. The first-order valence-electron chi connectivity index (χ1n) is 7.22. The van der Waals surface area contributed by atoms with E-state index in [0.717, 1.165) is 36.3 Å². The van der Waals surface area contributed by atoms with Gasteiger partial charge in [-0.1, -0.05) is 12.1 Å². The van der Waals surface area contributed by atoms with E-state index in [-0.39, 0.29) is 11.7 Å². The molecule has 0 bridgehead atoms. The molecule has 2 aliphatic rings. The second-order valence-corrected chi connectivity index (χ2v) is 5.84. The van der Waals surface area contributed by atoms with E-state index in [9.17, 15) is 9.59 Å². The van der Waals surface area contributed by atoms with Crippen molar-refractivity contribution in [3.63, 3.8) is 0 Å². The molecule has 4 nitrogen and oxygen atoms in total. The molecule has 1 amide bonds. The number of likely N-dealkylation sites (N-methyl/N-ethyl adjacent to an activating group) is 1. The number of Topliss-reactive ketones (excluding diaryl/α,β-unsaturated/α-hetero) is 1. The largest absolute Gasteiger partial charge is 0.336 e. The number of amides is 1. The van der Waals surface area contributed by atoms with E-state index in [1.165, 1.54) is 0 Å². The summed E-state index contributed by atoms with van der Waals surface area (Å²) in [4.78, 5) is 28.7. The van der Waals surface area contributed by atoms with Crippen molar-refractivity contribution in [3.8, 4) is 0 Å². The Morgan fingerprint density at radius 1 is 1.25 bits per heavy atom. The van der Waals surface area contributed by atoms with Crippen LogP contribution in [-0.2, 0) is 6.42 Å². The van der Waals surface area contributed by atoms with Gasteiger partial charge in [0.25, 0.3) is 5.91 Å². The van der Waals surface area contributed by atoms with E-state index in [4.69, 9.17) is 0 Å². The molecule has 0 spiro atoms. The first kappa shape index (κ1) is 13.3. The van der Waals surface area contributed by atoms with Crippen LogP contribution < -0.4 is 0 Å². The van der Waals surface area contributed by atoms with Crippen molar-refractivity contribution in [3.05, 3.63) is 34.9 Å². The molecule has 1 aliphatic heterocycles. The SMILES string of the molecule is CC1CN(C(=O)c2cccc3c2CCC3=O)CCN1C. The Labute approximate surface area is 119 Å². The normalized spacial score (nSPS) is 23.0. The monoisotopic (exact) mass is 272 g/mol. The molecule has 106 valence electrons. The molecule has 1 aliphatic carbocycles. The van der Waals surface area contributed by atoms with Gasteiger partial charge in [0, 0.05) is 43.2 Å². The zero-order chi connectivity index (χ0) is 14.3. The summed E-state index contributed by atoms with van der Waals surface area (Å²) >= 11 is 0. The van der Waals surface area contributed by atoms with Gasteiger partial charge in [0.2, 0.25) is 0 Å². The Bertz CT molecular complexity index is 568. The lowest BCUT2D eigenvalue weighted by molar-refractivity contribution is 0.0571. The van der Waals surface area contributed by atoms with Gasteiger partial charge in [-0.25, -0.2) is 0 Å². The van der Waals surface area contributed by atoms with Crippen molar-refractivity contribution < 1.29 is 9.59 Å². The van der Waals surface area contributed by atoms with Gasteiger partial charge in [0.1, 0.15) is 0 Å². The van der Waals surface area contributed by atoms with Crippen LogP contribution in [0.3, 0.4) is 0 Å². The predicted molar refractivity (Wildman–Crippen MR) is 77.1 cm³/mol. The third-order valence-electron chi connectivity index (χ3n) is 4.56. The molecule has 3 rings (SSSR count). The van der Waals surface area contributed by atoms with Crippen LogP contribution in [0.5, 0.6) is 0 Å². The van der Waals surface area contributed by atoms with Gasteiger partial charge in [0.15, 0.2) is 5.78 Å². The Hall–Kier alpha value is -1.68. The Morgan fingerprint density at radius 3 is 2.80 bits per heavy atom. The highest BCUT2D eigenvalue weighted by molar-refractivity contribution is 6.05. The number of nitrogens with zero attached hydrogens (tertiary/aromatic N) is 2. The van der Waals surface area contributed by atoms with Gasteiger partial charge < -0.3 is 9.80 Å². The first-order valence-corrected chi connectivity index (χ1v) is 7.22. The van der Waals surface area contributed by atoms with Crippen molar-refractivity contribution in [1.29, 1.82) is 0 Å². The number of ketones is 1. The summed E-state index contributed by atoms with van der Waals surface area (Å²) in [6.45, 7) is 4.56. The van der Waals surface area contributed by atoms with Gasteiger partial charge in [0.05, 0.1) is 0 Å². The summed E-state index contributed by atoms with van der Waals surface area (Å²) < 4.78 is 0. The lowest BCUT2D eigenvalue weighted by Gasteiger charge is -2.37. The molecule has 0 aromatic heterocycles. The van der Waals surface area contributed by atoms with Gasteiger partial charge >= 0.3 is 0 Å². The van der Waals surface area contributed by atoms with E-state index in [2.05, 4.69) is 18.9 Å². The number of carbonyl (C=O) groups excluding carboxylic acids is 2. The number of benzene rings is 1. The summed E-state index contributed by atoms with van der Waals surface area (Å²) in [6, 6.07) is 5.91. The van der Waals surface area contributed by atoms with E-state index in [1.54, 1.807) is 0 Å². The number of rotatable bonds is 1. The molecule has 1 heterocycles. The molecule has 4 heteroatoms. The number of piperazine rings is 1. The van der Waals surface area contributed by atoms with Gasteiger partial charge in [-0.3, -0.25) is 9.59 Å². The average molecular weight is 272 g/mol. The van der Waals surface area contributed by atoms with Crippen molar-refractivity contribution >= 4 is 11.7 Å². The standard InChI is InChI=1S/C16H20N2O2/c1-11-10-18(9-8-17(11)2)16(20)14-5-3-4-13-12(14)6-7-15(13)19/h3-5,11H,6-10H2,1-2H3. The van der Waals surface area contributed by atoms with E-state index in [0.29, 0.717) is 18.9 Å². The minimum atomic E-state index is 0.0801. The predicted octanol–water partition coefficient (Wildman–Crippen LogP) is 1.59. The van der Waals surface area contributed by atoms with Crippen molar-refractivity contribution in [2.75, 3.05) is 26.7 Å². The Kier molecular flexibility index (Phi) is 3.34. The Morgan fingerprint density at radius 2 is 2.05 bits per heavy atom. The molecule has 0 saturated carbocycles. The number of fused-ring (bicyclic) bond motifs is 1. The minimum absolute atomic E-state index is 0.0801. The summed E-state index contributed by atoms with van der Waals surface area (Å²) in [7, 11) is 2.09. The molecule has 1 aromatic carbocycles. The topological polar surface area (TPSA) is 40.6 Å². The Balaban J connectivity index is 1.87. The minimum Gasteiger partial charge on any atom is -0.336 e. The first-order chi connectivity index (χ1) is 9.58. The maximum Gasteiger partial charge on any atom is 0.254 e. The number of hydrogen-bond acceptors (Lipinski definition) is 3. The summed E-state index contributed by atoms with van der Waals surface area (Å²) in [5, 5.41) is 0. The zero-order valence-corrected chi connectivity index (χ0v) is 12.1. The lowest BCUT2D eigenvalue weighted by Crippen LogP contribution is -2.52. The number of carbonyl (C=O) groups is 2. The molecule has 1 aromatic rings. The van der Waals surface area contributed by atoms with Crippen LogP contribution in [0.25, 0.3) is 0 Å². The third-order valence-corrected chi connectivity index (χ3v) is 4.56. The molecule has 1 saturated heterocycles. The molecule has 1 fully saturated rings. The molecule has 20 heavy (non-hydrogen) atoms. The summed E-state index contributed by atoms with van der Waals surface area (Å²) in [5.41, 5.74) is 2.43. The lowest BCUT2D eigenvalue weighted by atomic mass is 10.0. The summed E-state index contributed by atoms with van der Waals surface area (Å²) in [5.74, 6) is 0.248. The molecular formula is C16H20N2O2. The molecule has 1 unspecified atom stereocenters. The number of hydrogen-bond donors (Lipinski definition) is 0. The maximum atomic E-state index is 12.7. The van der Waals surface area contributed by atoms with E-state index >= 15 is 0 Å². The summed E-state index contributed by atoms with van der Waals surface area (Å²) in [6.07, 6.45) is 1.25. The van der Waals surface area contributed by atoms with Crippen molar-refractivity contribution in [1.82, 2.24) is 9.80 Å². The van der Waals surface area contributed by atoms with E-state index < -0.39 is 0 Å². The van der Waals surface area contributed by atoms with Gasteiger partial charge in [-0.05, 0) is 32.0 Å². The second kappa shape index (κ2) is 5.02. The van der Waals surface area contributed by atoms with Crippen molar-refractivity contribution in [2.24, 2.45) is 0 Å². The fraction of sp³-hybridized carbons (Fsp3) is 0.500. The highest BCUT2D eigenvalue weighted by Crippen LogP contribution is 2.26. The highest BCUT2D eigenvalue weighted by atomic mass is 16.2. The fourth-order valence-electron chi connectivity index (χ4n) is 3.09. The van der Waals surface area contributed by atoms with Crippen LogP contribution >= 0.6 is 0 Å². The van der Waals surface area contributed by atoms with Gasteiger partial charge in [-0.2, -0.15) is 0 Å². The molecule has 0 radical (unpaired) electrons. The smallest absolute Gasteiger partial charge is 0.254 e. The zero-order valence-electron chi connectivity index (χ0n) is 12.1. The molecule has 0 N–H and O–H groups in total.